The molecule has 0 aliphatic carbocycles. The third-order valence-corrected chi connectivity index (χ3v) is 2.07. The Morgan fingerprint density at radius 1 is 1.45 bits per heavy atom. The van der Waals surface area contributed by atoms with Crippen LogP contribution in [-0.2, 0) is 0 Å². The van der Waals surface area contributed by atoms with Gasteiger partial charge in [0.1, 0.15) is 0 Å². The quantitative estimate of drug-likeness (QED) is 0.639. The zero-order valence-electron chi connectivity index (χ0n) is 6.29. The third kappa shape index (κ3) is 1.40. The van der Waals surface area contributed by atoms with Gasteiger partial charge in [0.25, 0.3) is 0 Å². The average molecular weight is 153 g/mol. The Labute approximate surface area is 65.0 Å². The van der Waals surface area contributed by atoms with E-state index in [-0.39, 0.29) is 0 Å². The highest BCUT2D eigenvalue weighted by Gasteiger charge is 2.19. The van der Waals surface area contributed by atoms with Gasteiger partial charge in [-0.2, -0.15) is 4.98 Å². The molecule has 1 fully saturated rings. The maximum Gasteiger partial charge on any atom is 0.229 e. The Balaban J connectivity index is 2.04. The second-order valence-corrected chi connectivity index (χ2v) is 2.80. The SMILES string of the molecule is c1noc(C2CCNCC2)n1. The van der Waals surface area contributed by atoms with Crippen LogP contribution in [0.15, 0.2) is 10.9 Å². The van der Waals surface area contributed by atoms with Crippen molar-refractivity contribution in [1.82, 2.24) is 15.5 Å². The maximum absolute atomic E-state index is 4.98. The summed E-state index contributed by atoms with van der Waals surface area (Å²) in [7, 11) is 0. The van der Waals surface area contributed by atoms with Crippen LogP contribution in [0.2, 0.25) is 0 Å². The number of nitrogens with zero attached hydrogens (tertiary/aromatic N) is 2. The summed E-state index contributed by atoms with van der Waals surface area (Å²) >= 11 is 0. The van der Waals surface area contributed by atoms with Crippen molar-refractivity contribution in [2.24, 2.45) is 0 Å². The van der Waals surface area contributed by atoms with Crippen molar-refractivity contribution < 1.29 is 4.52 Å². The van der Waals surface area contributed by atoms with Gasteiger partial charge in [0.05, 0.1) is 0 Å². The fourth-order valence-electron chi connectivity index (χ4n) is 1.43. The molecule has 1 N–H and O–H groups in total. The lowest BCUT2D eigenvalue weighted by molar-refractivity contribution is 0.320. The van der Waals surface area contributed by atoms with Crippen molar-refractivity contribution >= 4 is 0 Å². The molecule has 4 heteroatoms. The maximum atomic E-state index is 4.98. The molecule has 0 aromatic carbocycles. The Hall–Kier alpha value is -0.900. The molecule has 1 aliphatic rings. The first-order chi connectivity index (χ1) is 5.47. The minimum atomic E-state index is 0.485. The van der Waals surface area contributed by atoms with E-state index in [4.69, 9.17) is 4.52 Å². The molecule has 0 saturated carbocycles. The molecule has 1 aromatic heterocycles. The van der Waals surface area contributed by atoms with Crippen LogP contribution in [0, 0.1) is 0 Å². The molecule has 0 amide bonds. The van der Waals surface area contributed by atoms with Crippen molar-refractivity contribution in [1.29, 1.82) is 0 Å². The highest BCUT2D eigenvalue weighted by atomic mass is 16.5. The molecule has 0 atom stereocenters. The van der Waals surface area contributed by atoms with E-state index in [1.54, 1.807) is 0 Å². The van der Waals surface area contributed by atoms with Crippen molar-refractivity contribution in [2.75, 3.05) is 13.1 Å². The lowest BCUT2D eigenvalue weighted by Gasteiger charge is -2.18. The summed E-state index contributed by atoms with van der Waals surface area (Å²) in [6.45, 7) is 2.13. The average Bonchev–Trinajstić information content (AvgIpc) is 2.58. The minimum Gasteiger partial charge on any atom is -0.339 e. The van der Waals surface area contributed by atoms with Gasteiger partial charge in [0, 0.05) is 5.92 Å². The first-order valence-electron chi connectivity index (χ1n) is 3.94. The molecular formula is C7H11N3O. The number of hydrogen-bond donors (Lipinski definition) is 1. The first-order valence-corrected chi connectivity index (χ1v) is 3.94. The number of hydrogen-bond acceptors (Lipinski definition) is 4. The predicted octanol–water partition coefficient (Wildman–Crippen LogP) is 0.537. The predicted molar refractivity (Wildman–Crippen MR) is 39.1 cm³/mol. The van der Waals surface area contributed by atoms with Crippen LogP contribution >= 0.6 is 0 Å². The number of aromatic nitrogens is 2. The van der Waals surface area contributed by atoms with Crippen LogP contribution in [0.3, 0.4) is 0 Å². The Morgan fingerprint density at radius 3 is 2.91 bits per heavy atom. The lowest BCUT2D eigenvalue weighted by atomic mass is 9.98. The van der Waals surface area contributed by atoms with Crippen LogP contribution in [0.1, 0.15) is 24.7 Å². The summed E-state index contributed by atoms with van der Waals surface area (Å²) in [5.41, 5.74) is 0. The molecule has 11 heavy (non-hydrogen) atoms. The van der Waals surface area contributed by atoms with Gasteiger partial charge in [-0.25, -0.2) is 0 Å². The largest absolute Gasteiger partial charge is 0.339 e. The molecule has 0 unspecified atom stereocenters. The zero-order chi connectivity index (χ0) is 7.52. The second kappa shape index (κ2) is 3.00. The fraction of sp³-hybridized carbons (Fsp3) is 0.714. The van der Waals surface area contributed by atoms with Gasteiger partial charge in [0.2, 0.25) is 5.89 Å². The molecule has 4 nitrogen and oxygen atoms in total. The zero-order valence-corrected chi connectivity index (χ0v) is 6.29. The molecule has 0 radical (unpaired) electrons. The molecule has 60 valence electrons. The highest BCUT2D eigenvalue weighted by molar-refractivity contribution is 4.91. The second-order valence-electron chi connectivity index (χ2n) is 2.80. The van der Waals surface area contributed by atoms with E-state index in [0.29, 0.717) is 5.92 Å². The Kier molecular flexibility index (Phi) is 1.85. The van der Waals surface area contributed by atoms with Gasteiger partial charge in [-0.15, -0.1) is 0 Å². The molecule has 1 aliphatic heterocycles. The first kappa shape index (κ1) is 6.79. The molecule has 0 spiro atoms. The minimum absolute atomic E-state index is 0.485. The molecule has 1 saturated heterocycles. The Bertz CT molecular complexity index is 203. The molecule has 1 aromatic rings. The van der Waals surface area contributed by atoms with Gasteiger partial charge in [-0.05, 0) is 25.9 Å². The van der Waals surface area contributed by atoms with Crippen LogP contribution < -0.4 is 5.32 Å². The van der Waals surface area contributed by atoms with Crippen molar-refractivity contribution in [2.45, 2.75) is 18.8 Å². The monoisotopic (exact) mass is 153 g/mol. The van der Waals surface area contributed by atoms with Crippen LogP contribution in [0.4, 0.5) is 0 Å². The number of nitrogens with one attached hydrogen (secondary N) is 1. The van der Waals surface area contributed by atoms with Crippen molar-refractivity contribution in [3.8, 4) is 0 Å². The van der Waals surface area contributed by atoms with Gasteiger partial charge in [-0.1, -0.05) is 5.16 Å². The van der Waals surface area contributed by atoms with Crippen LogP contribution in [0.25, 0.3) is 0 Å². The summed E-state index contributed by atoms with van der Waals surface area (Å²) in [6, 6.07) is 0. The summed E-state index contributed by atoms with van der Waals surface area (Å²) in [5, 5.41) is 6.88. The van der Waals surface area contributed by atoms with E-state index < -0.39 is 0 Å². The summed E-state index contributed by atoms with van der Waals surface area (Å²) in [4.78, 5) is 4.03. The van der Waals surface area contributed by atoms with E-state index in [0.717, 1.165) is 31.8 Å². The van der Waals surface area contributed by atoms with Crippen molar-refractivity contribution in [3.63, 3.8) is 0 Å². The van der Waals surface area contributed by atoms with E-state index in [1.807, 2.05) is 0 Å². The summed E-state index contributed by atoms with van der Waals surface area (Å²) < 4.78 is 4.98. The summed E-state index contributed by atoms with van der Waals surface area (Å²) in [6.07, 6.45) is 3.70. The molecule has 2 heterocycles. The van der Waals surface area contributed by atoms with Gasteiger partial charge < -0.3 is 9.84 Å². The molecule has 0 bridgehead atoms. The van der Waals surface area contributed by atoms with Crippen LogP contribution in [0.5, 0.6) is 0 Å². The van der Waals surface area contributed by atoms with Crippen molar-refractivity contribution in [3.05, 3.63) is 12.2 Å². The highest BCUT2D eigenvalue weighted by Crippen LogP contribution is 2.22. The van der Waals surface area contributed by atoms with Gasteiger partial charge in [-0.3, -0.25) is 0 Å². The summed E-state index contributed by atoms with van der Waals surface area (Å²) in [5.74, 6) is 1.28. The molecular weight excluding hydrogens is 142 g/mol. The van der Waals surface area contributed by atoms with E-state index in [2.05, 4.69) is 15.5 Å². The van der Waals surface area contributed by atoms with Gasteiger partial charge >= 0.3 is 0 Å². The van der Waals surface area contributed by atoms with E-state index in [1.165, 1.54) is 6.33 Å². The number of rotatable bonds is 1. The van der Waals surface area contributed by atoms with E-state index >= 15 is 0 Å². The lowest BCUT2D eigenvalue weighted by Crippen LogP contribution is -2.26. The topological polar surface area (TPSA) is 51.0 Å². The normalized spacial score (nSPS) is 20.4. The smallest absolute Gasteiger partial charge is 0.229 e. The Morgan fingerprint density at radius 2 is 2.27 bits per heavy atom. The molecule has 2 rings (SSSR count). The fourth-order valence-corrected chi connectivity index (χ4v) is 1.43. The van der Waals surface area contributed by atoms with E-state index in [9.17, 15) is 0 Å². The third-order valence-electron chi connectivity index (χ3n) is 2.07. The standard InChI is InChI=1S/C7H11N3O/c1-3-8-4-2-6(1)7-9-5-10-11-7/h5-6,8H,1-4H2. The number of piperidine rings is 1. The van der Waals surface area contributed by atoms with Crippen LogP contribution in [-0.4, -0.2) is 23.2 Å². The van der Waals surface area contributed by atoms with Gasteiger partial charge in [0.15, 0.2) is 6.33 Å².